The van der Waals surface area contributed by atoms with Crippen LogP contribution >= 0.6 is 0 Å². The molecule has 1 atom stereocenters. The van der Waals surface area contributed by atoms with E-state index >= 15 is 0 Å². The highest BCUT2D eigenvalue weighted by Gasteiger charge is 2.48. The Labute approximate surface area is 127 Å². The molecule has 6 nitrogen and oxygen atoms in total. The molecule has 21 heavy (non-hydrogen) atoms. The Morgan fingerprint density at radius 1 is 1.43 bits per heavy atom. The minimum atomic E-state index is -3.13. The Hall–Kier alpha value is -0.660. The van der Waals surface area contributed by atoms with Crippen molar-refractivity contribution in [1.82, 2.24) is 9.62 Å². The van der Waals surface area contributed by atoms with Gasteiger partial charge in [-0.1, -0.05) is 13.8 Å². The number of sulfonamides is 1. The molecule has 2 aliphatic rings. The van der Waals surface area contributed by atoms with Crippen LogP contribution in [0.3, 0.4) is 0 Å². The first-order valence-electron chi connectivity index (χ1n) is 7.55. The van der Waals surface area contributed by atoms with E-state index in [1.165, 1.54) is 6.26 Å². The maximum atomic E-state index is 11.9. The van der Waals surface area contributed by atoms with Crippen molar-refractivity contribution in [2.24, 2.45) is 11.8 Å². The van der Waals surface area contributed by atoms with Gasteiger partial charge in [0.25, 0.3) is 0 Å². The standard InChI is InChI=1S/C14H26N2O4S/c1-11(2)6-13(17)16-9-14(10-16)5-4-12(8-20-14)7-15-21(3,18)19/h11-12,15H,4-10H2,1-3H3/t12-/m1/s1. The summed E-state index contributed by atoms with van der Waals surface area (Å²) in [6.45, 7) is 6.46. The Bertz CT molecular complexity index is 473. The molecule has 0 saturated carbocycles. The summed E-state index contributed by atoms with van der Waals surface area (Å²) < 4.78 is 30.6. The molecule has 2 heterocycles. The predicted octanol–water partition coefficient (Wildman–Crippen LogP) is 0.589. The topological polar surface area (TPSA) is 75.7 Å². The zero-order chi connectivity index (χ0) is 15.7. The van der Waals surface area contributed by atoms with Gasteiger partial charge in [-0.25, -0.2) is 13.1 Å². The average molecular weight is 318 g/mol. The molecule has 2 aliphatic heterocycles. The summed E-state index contributed by atoms with van der Waals surface area (Å²) in [6, 6.07) is 0. The molecule has 2 fully saturated rings. The van der Waals surface area contributed by atoms with Crippen LogP contribution in [0.2, 0.25) is 0 Å². The highest BCUT2D eigenvalue weighted by atomic mass is 32.2. The van der Waals surface area contributed by atoms with Crippen molar-refractivity contribution in [2.45, 2.75) is 38.7 Å². The Kier molecular flexibility index (Phi) is 4.95. The van der Waals surface area contributed by atoms with E-state index in [2.05, 4.69) is 4.72 Å². The van der Waals surface area contributed by atoms with Gasteiger partial charge in [-0.3, -0.25) is 4.79 Å². The average Bonchev–Trinajstić information content (AvgIpc) is 2.32. The van der Waals surface area contributed by atoms with E-state index in [0.717, 1.165) is 12.8 Å². The smallest absolute Gasteiger partial charge is 0.223 e. The van der Waals surface area contributed by atoms with Crippen LogP contribution in [0.15, 0.2) is 0 Å². The summed E-state index contributed by atoms with van der Waals surface area (Å²) in [4.78, 5) is 13.8. The molecule has 0 bridgehead atoms. The van der Waals surface area contributed by atoms with E-state index in [-0.39, 0.29) is 17.4 Å². The third-order valence-electron chi connectivity index (χ3n) is 4.16. The van der Waals surface area contributed by atoms with Crippen LogP contribution in [0.4, 0.5) is 0 Å². The maximum Gasteiger partial charge on any atom is 0.223 e. The number of nitrogens with zero attached hydrogens (tertiary/aromatic N) is 1. The maximum absolute atomic E-state index is 11.9. The lowest BCUT2D eigenvalue weighted by atomic mass is 9.82. The molecule has 2 saturated heterocycles. The quantitative estimate of drug-likeness (QED) is 0.805. The molecule has 2 rings (SSSR count). The molecule has 0 unspecified atom stereocenters. The van der Waals surface area contributed by atoms with Crippen molar-refractivity contribution < 1.29 is 17.9 Å². The molecule has 1 amide bonds. The lowest BCUT2D eigenvalue weighted by molar-refractivity contribution is -0.188. The number of ether oxygens (including phenoxy) is 1. The fraction of sp³-hybridized carbons (Fsp3) is 0.929. The van der Waals surface area contributed by atoms with Gasteiger partial charge in [0.1, 0.15) is 5.60 Å². The highest BCUT2D eigenvalue weighted by molar-refractivity contribution is 7.88. The SMILES string of the molecule is CC(C)CC(=O)N1CC2(CC[C@H](CNS(C)(=O)=O)CO2)C1. The van der Waals surface area contributed by atoms with Gasteiger partial charge in [-0.05, 0) is 24.7 Å². The molecule has 0 aromatic heterocycles. The normalized spacial score (nSPS) is 25.1. The van der Waals surface area contributed by atoms with Crippen LogP contribution in [0, 0.1) is 11.8 Å². The van der Waals surface area contributed by atoms with Crippen LogP contribution in [0.25, 0.3) is 0 Å². The van der Waals surface area contributed by atoms with Crippen LogP contribution in [0.5, 0.6) is 0 Å². The van der Waals surface area contributed by atoms with Gasteiger partial charge in [0.2, 0.25) is 15.9 Å². The number of carbonyl (C=O) groups is 1. The monoisotopic (exact) mass is 318 g/mol. The molecular weight excluding hydrogens is 292 g/mol. The third-order valence-corrected chi connectivity index (χ3v) is 4.85. The van der Waals surface area contributed by atoms with Gasteiger partial charge in [0, 0.05) is 13.0 Å². The second-order valence-corrected chi connectivity index (χ2v) is 8.70. The Morgan fingerprint density at radius 3 is 2.57 bits per heavy atom. The van der Waals surface area contributed by atoms with Crippen molar-refractivity contribution in [2.75, 3.05) is 32.5 Å². The van der Waals surface area contributed by atoms with Crippen LogP contribution < -0.4 is 4.72 Å². The van der Waals surface area contributed by atoms with E-state index < -0.39 is 10.0 Å². The summed E-state index contributed by atoms with van der Waals surface area (Å²) in [5.74, 6) is 0.818. The Balaban J connectivity index is 1.72. The number of hydrogen-bond acceptors (Lipinski definition) is 4. The van der Waals surface area contributed by atoms with Crippen molar-refractivity contribution >= 4 is 15.9 Å². The molecule has 0 aliphatic carbocycles. The Morgan fingerprint density at radius 2 is 2.10 bits per heavy atom. The molecule has 0 radical (unpaired) electrons. The molecule has 7 heteroatoms. The zero-order valence-corrected chi connectivity index (χ0v) is 13.9. The largest absolute Gasteiger partial charge is 0.371 e. The molecular formula is C14H26N2O4S. The summed E-state index contributed by atoms with van der Waals surface area (Å²) in [5, 5.41) is 0. The lowest BCUT2D eigenvalue weighted by Gasteiger charge is -2.53. The zero-order valence-electron chi connectivity index (χ0n) is 13.1. The van der Waals surface area contributed by atoms with E-state index in [1.54, 1.807) is 0 Å². The van der Waals surface area contributed by atoms with Crippen molar-refractivity contribution in [3.63, 3.8) is 0 Å². The van der Waals surface area contributed by atoms with E-state index in [4.69, 9.17) is 4.74 Å². The number of nitrogens with one attached hydrogen (secondary N) is 1. The molecule has 0 aromatic carbocycles. The van der Waals surface area contributed by atoms with Crippen LogP contribution in [0.1, 0.15) is 33.1 Å². The van der Waals surface area contributed by atoms with Gasteiger partial charge in [-0.2, -0.15) is 0 Å². The second-order valence-electron chi connectivity index (χ2n) is 6.87. The lowest BCUT2D eigenvalue weighted by Crippen LogP contribution is -2.66. The van der Waals surface area contributed by atoms with Gasteiger partial charge >= 0.3 is 0 Å². The number of carbonyl (C=O) groups excluding carboxylic acids is 1. The van der Waals surface area contributed by atoms with E-state index in [0.29, 0.717) is 38.6 Å². The highest BCUT2D eigenvalue weighted by Crippen LogP contribution is 2.36. The van der Waals surface area contributed by atoms with Crippen LogP contribution in [-0.2, 0) is 19.6 Å². The number of hydrogen-bond donors (Lipinski definition) is 1. The minimum Gasteiger partial charge on any atom is -0.371 e. The van der Waals surface area contributed by atoms with Crippen molar-refractivity contribution in [1.29, 1.82) is 0 Å². The molecule has 1 N–H and O–H groups in total. The van der Waals surface area contributed by atoms with Gasteiger partial charge in [0.15, 0.2) is 0 Å². The van der Waals surface area contributed by atoms with Crippen molar-refractivity contribution in [3.05, 3.63) is 0 Å². The first kappa shape index (κ1) is 16.7. The molecule has 1 spiro atoms. The summed E-state index contributed by atoms with van der Waals surface area (Å²) in [5.41, 5.74) is -0.172. The summed E-state index contributed by atoms with van der Waals surface area (Å²) in [7, 11) is -3.13. The van der Waals surface area contributed by atoms with E-state index in [9.17, 15) is 13.2 Å². The fourth-order valence-electron chi connectivity index (χ4n) is 2.90. The van der Waals surface area contributed by atoms with E-state index in [1.807, 2.05) is 18.7 Å². The van der Waals surface area contributed by atoms with Gasteiger partial charge < -0.3 is 9.64 Å². The predicted molar refractivity (Wildman–Crippen MR) is 80.3 cm³/mol. The minimum absolute atomic E-state index is 0.172. The second kappa shape index (κ2) is 6.22. The first-order chi connectivity index (χ1) is 9.69. The van der Waals surface area contributed by atoms with Crippen molar-refractivity contribution in [3.8, 4) is 0 Å². The van der Waals surface area contributed by atoms with Crippen LogP contribution in [-0.4, -0.2) is 57.3 Å². The van der Waals surface area contributed by atoms with Gasteiger partial charge in [0.05, 0.1) is 26.0 Å². The molecule has 0 aromatic rings. The fourth-order valence-corrected chi connectivity index (χ4v) is 3.44. The number of rotatable bonds is 5. The summed E-state index contributed by atoms with van der Waals surface area (Å²) in [6.07, 6.45) is 3.60. The summed E-state index contributed by atoms with van der Waals surface area (Å²) >= 11 is 0. The number of amides is 1. The first-order valence-corrected chi connectivity index (χ1v) is 9.45. The van der Waals surface area contributed by atoms with Gasteiger partial charge in [-0.15, -0.1) is 0 Å². The molecule has 122 valence electrons. The number of likely N-dealkylation sites (tertiary alicyclic amines) is 1. The third kappa shape index (κ3) is 4.66.